The molecule has 0 unspecified atom stereocenters. The molecule has 0 aliphatic rings. The Balaban J connectivity index is -0.000000520. The predicted molar refractivity (Wildman–Crippen MR) is 131 cm³/mol. The van der Waals surface area contributed by atoms with Gasteiger partial charge in [0.15, 0.2) is 0 Å². The van der Waals surface area contributed by atoms with Crippen LogP contribution in [0.15, 0.2) is 58.5 Å². The molecule has 0 amide bonds. The van der Waals surface area contributed by atoms with E-state index < -0.39 is 5.97 Å². The molecule has 0 saturated heterocycles. The summed E-state index contributed by atoms with van der Waals surface area (Å²) in [4.78, 5) is 30.4. The van der Waals surface area contributed by atoms with Gasteiger partial charge in [-0.15, -0.1) is 0 Å². The van der Waals surface area contributed by atoms with E-state index in [-0.39, 0.29) is 35.8 Å². The third-order valence-corrected chi connectivity index (χ3v) is 4.79. The number of nitrogens with zero attached hydrogens (tertiary/aromatic N) is 2. The van der Waals surface area contributed by atoms with Crippen LogP contribution in [0.25, 0.3) is 0 Å². The van der Waals surface area contributed by atoms with E-state index in [2.05, 4.69) is 21.6 Å². The van der Waals surface area contributed by atoms with Crippen LogP contribution in [0.3, 0.4) is 0 Å². The average molecular weight is 467 g/mol. The Morgan fingerprint density at radius 2 is 1.26 bits per heavy atom. The minimum atomic E-state index is -0.886. The standard InChI is InChI=1S/C13H17NO2.C12H15NO2.Li.2H2O/c1-4-12(14-2)9-10-6-5-7-11(8-10)13(15)16-3;1-3-11(13-2)8-9-5-4-6-10(7-9)12(14)15;;;/h5-8H,4,9H2,1-3H3;4-7H,3,8H2,1-2H3,(H,14,15);;2*1H2/q;;+1;;/p-1. The quantitative estimate of drug-likeness (QED) is 0.348. The largest absolute Gasteiger partial charge is 1.00 e. The van der Waals surface area contributed by atoms with Crippen LogP contribution >= 0.6 is 0 Å². The van der Waals surface area contributed by atoms with Gasteiger partial charge in [0.1, 0.15) is 0 Å². The molecular formula is C25H35LiN2O6. The van der Waals surface area contributed by atoms with Crippen LogP contribution in [-0.4, -0.2) is 60.6 Å². The Morgan fingerprint density at radius 1 is 0.853 bits per heavy atom. The molecule has 0 radical (unpaired) electrons. The fraction of sp³-hybridized carbons (Fsp3) is 0.360. The fourth-order valence-corrected chi connectivity index (χ4v) is 2.94. The summed E-state index contributed by atoms with van der Waals surface area (Å²) in [7, 11) is 4.95. The van der Waals surface area contributed by atoms with E-state index in [0.717, 1.165) is 48.2 Å². The molecule has 2 aromatic carbocycles. The summed E-state index contributed by atoms with van der Waals surface area (Å²) in [6, 6.07) is 14.5. The number of methoxy groups -OCH3 is 1. The predicted octanol–water partition coefficient (Wildman–Crippen LogP) is 0.907. The number of carbonyl (C=O) groups excluding carboxylic acids is 1. The van der Waals surface area contributed by atoms with Gasteiger partial charge in [0.25, 0.3) is 0 Å². The molecule has 9 heteroatoms. The molecule has 0 saturated carbocycles. The van der Waals surface area contributed by atoms with E-state index in [1.807, 2.05) is 31.2 Å². The van der Waals surface area contributed by atoms with Crippen molar-refractivity contribution in [3.8, 4) is 0 Å². The van der Waals surface area contributed by atoms with Gasteiger partial charge in [-0.25, -0.2) is 9.59 Å². The zero-order chi connectivity index (χ0) is 23.2. The molecule has 0 spiro atoms. The number of carboxylic acids is 1. The maximum Gasteiger partial charge on any atom is 1.00 e. The zero-order valence-electron chi connectivity index (χ0n) is 21.0. The fourth-order valence-electron chi connectivity index (χ4n) is 2.94. The molecule has 34 heavy (non-hydrogen) atoms. The molecule has 0 bridgehead atoms. The molecule has 2 rings (SSSR count). The second-order valence-electron chi connectivity index (χ2n) is 6.84. The number of hydrogen-bond acceptors (Lipinski definition) is 6. The Bertz CT molecular complexity index is 945. The van der Waals surface area contributed by atoms with Gasteiger partial charge < -0.3 is 20.8 Å². The van der Waals surface area contributed by atoms with Crippen molar-refractivity contribution >= 4 is 23.4 Å². The summed E-state index contributed by atoms with van der Waals surface area (Å²) in [5, 5.41) is 8.83. The number of rotatable bonds is 8. The first-order chi connectivity index (χ1) is 14.9. The van der Waals surface area contributed by atoms with E-state index in [0.29, 0.717) is 11.1 Å². The SMILES string of the molecule is CCC(Cc1cccc(C(=O)O)c1)=NC.CCC(Cc1cccc(C(=O)OC)c1)=NC.O.[Li+].[OH-]. The van der Waals surface area contributed by atoms with Gasteiger partial charge in [0.05, 0.1) is 18.2 Å². The molecule has 0 heterocycles. The minimum absolute atomic E-state index is 0. The summed E-state index contributed by atoms with van der Waals surface area (Å²) in [5.74, 6) is -1.18. The first-order valence-corrected chi connectivity index (χ1v) is 10.3. The van der Waals surface area contributed by atoms with Gasteiger partial charge in [-0.05, 0) is 48.2 Å². The number of aliphatic imine (C=N–C) groups is 2. The maximum absolute atomic E-state index is 11.3. The first-order valence-electron chi connectivity index (χ1n) is 10.3. The topological polar surface area (TPSA) is 150 Å². The van der Waals surface area contributed by atoms with E-state index in [9.17, 15) is 9.59 Å². The van der Waals surface area contributed by atoms with Crippen LogP contribution < -0.4 is 18.9 Å². The van der Waals surface area contributed by atoms with Gasteiger partial charge in [-0.2, -0.15) is 0 Å². The van der Waals surface area contributed by atoms with Crippen molar-refractivity contribution in [1.29, 1.82) is 0 Å². The molecule has 182 valence electrons. The summed E-state index contributed by atoms with van der Waals surface area (Å²) in [5.41, 5.74) is 5.22. The number of carbonyl (C=O) groups is 2. The third kappa shape index (κ3) is 12.5. The second-order valence-corrected chi connectivity index (χ2v) is 6.84. The van der Waals surface area contributed by atoms with Gasteiger partial charge in [-0.1, -0.05) is 38.1 Å². The second kappa shape index (κ2) is 19.7. The van der Waals surface area contributed by atoms with Crippen molar-refractivity contribution in [1.82, 2.24) is 0 Å². The van der Waals surface area contributed by atoms with Crippen molar-refractivity contribution in [2.45, 2.75) is 39.5 Å². The monoisotopic (exact) mass is 466 g/mol. The number of carboxylic acid groups (broad SMARTS) is 1. The van der Waals surface area contributed by atoms with Gasteiger partial charge >= 0.3 is 30.8 Å². The summed E-state index contributed by atoms with van der Waals surface area (Å²) >= 11 is 0. The van der Waals surface area contributed by atoms with Crippen LogP contribution in [-0.2, 0) is 17.6 Å². The van der Waals surface area contributed by atoms with Gasteiger partial charge in [0.2, 0.25) is 0 Å². The Hall–Kier alpha value is -2.76. The average Bonchev–Trinajstić information content (AvgIpc) is 2.81. The zero-order valence-corrected chi connectivity index (χ0v) is 21.0. The van der Waals surface area contributed by atoms with Crippen molar-refractivity contribution in [2.24, 2.45) is 9.98 Å². The summed E-state index contributed by atoms with van der Waals surface area (Å²) < 4.78 is 4.68. The Kier molecular flexibility index (Phi) is 20.7. The minimum Gasteiger partial charge on any atom is -0.870 e. The number of ether oxygens (including phenoxy) is 1. The maximum atomic E-state index is 11.3. The van der Waals surface area contributed by atoms with Crippen LogP contribution in [0.4, 0.5) is 0 Å². The molecule has 8 nitrogen and oxygen atoms in total. The molecule has 0 aliphatic heterocycles. The Labute approximate surface area is 214 Å². The molecule has 0 aliphatic carbocycles. The van der Waals surface area contributed by atoms with E-state index in [4.69, 9.17) is 5.11 Å². The van der Waals surface area contributed by atoms with Crippen LogP contribution in [0.5, 0.6) is 0 Å². The molecular weight excluding hydrogens is 431 g/mol. The van der Waals surface area contributed by atoms with Crippen molar-refractivity contribution < 1.29 is 49.2 Å². The molecule has 0 aromatic heterocycles. The van der Waals surface area contributed by atoms with E-state index in [1.165, 1.54) is 7.11 Å². The number of benzene rings is 2. The number of aromatic carboxylic acids is 1. The van der Waals surface area contributed by atoms with Crippen molar-refractivity contribution in [2.75, 3.05) is 21.2 Å². The van der Waals surface area contributed by atoms with Gasteiger partial charge in [0, 0.05) is 38.4 Å². The van der Waals surface area contributed by atoms with E-state index in [1.54, 1.807) is 38.4 Å². The summed E-state index contributed by atoms with van der Waals surface area (Å²) in [6.45, 7) is 4.12. The molecule has 4 N–H and O–H groups in total. The van der Waals surface area contributed by atoms with Crippen molar-refractivity contribution in [3.63, 3.8) is 0 Å². The number of esters is 1. The van der Waals surface area contributed by atoms with E-state index >= 15 is 0 Å². The molecule has 0 fully saturated rings. The van der Waals surface area contributed by atoms with Crippen LogP contribution in [0.1, 0.15) is 58.5 Å². The van der Waals surface area contributed by atoms with Crippen LogP contribution in [0.2, 0.25) is 0 Å². The smallest absolute Gasteiger partial charge is 0.870 e. The molecule has 2 aromatic rings. The first kappa shape index (κ1) is 35.8. The normalized spacial score (nSPS) is 10.4. The summed E-state index contributed by atoms with van der Waals surface area (Å²) in [6.07, 6.45) is 3.35. The molecule has 0 atom stereocenters. The third-order valence-electron chi connectivity index (χ3n) is 4.79. The van der Waals surface area contributed by atoms with Crippen molar-refractivity contribution in [3.05, 3.63) is 70.8 Å². The van der Waals surface area contributed by atoms with Gasteiger partial charge in [-0.3, -0.25) is 9.98 Å². The number of hydrogen-bond donors (Lipinski definition) is 1. The Morgan fingerprint density at radius 3 is 1.62 bits per heavy atom. The van der Waals surface area contributed by atoms with Crippen LogP contribution in [0, 0.1) is 0 Å².